The average Bonchev–Trinajstić information content (AvgIpc) is 2.72. The summed E-state index contributed by atoms with van der Waals surface area (Å²) in [7, 11) is 0. The topological polar surface area (TPSA) is 28.2 Å². The van der Waals surface area contributed by atoms with E-state index in [2.05, 4.69) is 36.0 Å². The first-order valence-electron chi connectivity index (χ1n) is 6.55. The average molecular weight is 253 g/mol. The Kier molecular flexibility index (Phi) is 4.40. The van der Waals surface area contributed by atoms with Crippen LogP contribution in [0.1, 0.15) is 31.6 Å². The maximum absolute atomic E-state index is 4.34. The Hall–Kier alpha value is -0.610. The van der Waals surface area contributed by atoms with Crippen LogP contribution >= 0.6 is 11.3 Å². The van der Waals surface area contributed by atoms with Gasteiger partial charge in [-0.25, -0.2) is 4.98 Å². The molecule has 0 radical (unpaired) electrons. The number of likely N-dealkylation sites (tertiary alicyclic amines) is 1. The highest BCUT2D eigenvalue weighted by Gasteiger charge is 2.20. The zero-order chi connectivity index (χ0) is 12.3. The molecule has 1 aliphatic heterocycles. The maximum Gasteiger partial charge on any atom is 0.182 e. The van der Waals surface area contributed by atoms with Crippen LogP contribution in [0.25, 0.3) is 0 Å². The van der Waals surface area contributed by atoms with Gasteiger partial charge in [-0.15, -0.1) is 11.3 Å². The summed E-state index contributed by atoms with van der Waals surface area (Å²) in [5.41, 5.74) is 0. The largest absolute Gasteiger partial charge is 0.360 e. The first-order valence-corrected chi connectivity index (χ1v) is 7.37. The van der Waals surface area contributed by atoms with Crippen molar-refractivity contribution in [3.8, 4) is 0 Å². The van der Waals surface area contributed by atoms with Crippen LogP contribution in [0, 0.1) is 12.8 Å². The van der Waals surface area contributed by atoms with Crippen LogP contribution in [0.4, 0.5) is 5.13 Å². The summed E-state index contributed by atoms with van der Waals surface area (Å²) in [5, 5.41) is 4.50. The van der Waals surface area contributed by atoms with Crippen molar-refractivity contribution >= 4 is 16.5 Å². The minimum atomic E-state index is 0.599. The molecule has 1 aliphatic rings. The monoisotopic (exact) mass is 253 g/mol. The van der Waals surface area contributed by atoms with Crippen LogP contribution in [0.15, 0.2) is 6.20 Å². The van der Waals surface area contributed by atoms with E-state index in [9.17, 15) is 0 Å². The van der Waals surface area contributed by atoms with Gasteiger partial charge >= 0.3 is 0 Å². The van der Waals surface area contributed by atoms with Crippen LogP contribution in [-0.2, 0) is 0 Å². The molecule has 2 rings (SSSR count). The van der Waals surface area contributed by atoms with Gasteiger partial charge in [0.05, 0.1) is 0 Å². The zero-order valence-corrected chi connectivity index (χ0v) is 11.9. The summed E-state index contributed by atoms with van der Waals surface area (Å²) in [6, 6.07) is 0.599. The third-order valence-electron chi connectivity index (χ3n) is 3.48. The van der Waals surface area contributed by atoms with Crippen molar-refractivity contribution in [2.45, 2.75) is 39.7 Å². The molecule has 1 fully saturated rings. The van der Waals surface area contributed by atoms with E-state index >= 15 is 0 Å². The van der Waals surface area contributed by atoms with E-state index in [-0.39, 0.29) is 0 Å². The van der Waals surface area contributed by atoms with Gasteiger partial charge in [-0.1, -0.05) is 6.92 Å². The number of thiazole rings is 1. The molecule has 0 aliphatic carbocycles. The minimum absolute atomic E-state index is 0.599. The molecule has 1 aromatic rings. The normalized spacial score (nSPS) is 23.6. The lowest BCUT2D eigenvalue weighted by molar-refractivity contribution is 0.144. The first kappa shape index (κ1) is 12.8. The Balaban J connectivity index is 1.78. The number of anilines is 1. The summed E-state index contributed by atoms with van der Waals surface area (Å²) in [6.45, 7) is 10.3. The summed E-state index contributed by atoms with van der Waals surface area (Å²) in [5.74, 6) is 0.855. The predicted molar refractivity (Wildman–Crippen MR) is 74.8 cm³/mol. The fraction of sp³-hybridized carbons (Fsp3) is 0.769. The van der Waals surface area contributed by atoms with Crippen LogP contribution in [0.5, 0.6) is 0 Å². The molecule has 2 atom stereocenters. The van der Waals surface area contributed by atoms with Crippen LogP contribution in [0.3, 0.4) is 0 Å². The number of rotatable bonds is 4. The van der Waals surface area contributed by atoms with Crippen molar-refractivity contribution in [3.05, 3.63) is 11.1 Å². The Morgan fingerprint density at radius 2 is 2.47 bits per heavy atom. The molecule has 0 amide bonds. The Morgan fingerprint density at radius 1 is 1.65 bits per heavy atom. The molecule has 1 saturated heterocycles. The van der Waals surface area contributed by atoms with Gasteiger partial charge in [0, 0.05) is 30.2 Å². The molecule has 1 N–H and O–H groups in total. The van der Waals surface area contributed by atoms with Gasteiger partial charge in [0.2, 0.25) is 0 Å². The lowest BCUT2D eigenvalue weighted by Crippen LogP contribution is -2.43. The number of piperidine rings is 1. The second kappa shape index (κ2) is 5.83. The standard InChI is InChI=1S/C13H23N3S/c1-10-5-4-6-16(9-10)11(2)7-14-13-15-8-12(3)17-13/h8,10-11H,4-7,9H2,1-3H3,(H,14,15). The highest BCUT2D eigenvalue weighted by molar-refractivity contribution is 7.15. The van der Waals surface area contributed by atoms with Crippen molar-refractivity contribution in [3.63, 3.8) is 0 Å². The molecule has 2 heterocycles. The Bertz CT molecular complexity index is 350. The molecule has 1 aromatic heterocycles. The second-order valence-corrected chi connectivity index (χ2v) is 6.48. The van der Waals surface area contributed by atoms with E-state index in [0.717, 1.165) is 17.6 Å². The van der Waals surface area contributed by atoms with Gasteiger partial charge in [0.15, 0.2) is 5.13 Å². The third-order valence-corrected chi connectivity index (χ3v) is 4.35. The Labute approximate surface area is 108 Å². The van der Waals surface area contributed by atoms with E-state index in [1.54, 1.807) is 11.3 Å². The summed E-state index contributed by atoms with van der Waals surface area (Å²) in [6.07, 6.45) is 4.67. The highest BCUT2D eigenvalue weighted by Crippen LogP contribution is 2.19. The number of hydrogen-bond acceptors (Lipinski definition) is 4. The van der Waals surface area contributed by atoms with E-state index in [1.807, 2.05) is 6.20 Å². The number of aromatic nitrogens is 1. The van der Waals surface area contributed by atoms with Crippen LogP contribution < -0.4 is 5.32 Å². The molecule has 2 unspecified atom stereocenters. The van der Waals surface area contributed by atoms with Gasteiger partial charge in [0.25, 0.3) is 0 Å². The summed E-state index contributed by atoms with van der Waals surface area (Å²) >= 11 is 1.74. The van der Waals surface area contributed by atoms with Crippen molar-refractivity contribution in [2.75, 3.05) is 25.0 Å². The fourth-order valence-corrected chi connectivity index (χ4v) is 3.10. The van der Waals surface area contributed by atoms with Crippen LogP contribution in [0.2, 0.25) is 0 Å². The first-order chi connectivity index (χ1) is 8.15. The molecule has 96 valence electrons. The number of hydrogen-bond donors (Lipinski definition) is 1. The minimum Gasteiger partial charge on any atom is -0.360 e. The van der Waals surface area contributed by atoms with E-state index in [0.29, 0.717) is 6.04 Å². The molecular weight excluding hydrogens is 230 g/mol. The second-order valence-electron chi connectivity index (χ2n) is 5.25. The summed E-state index contributed by atoms with van der Waals surface area (Å²) in [4.78, 5) is 8.21. The molecule has 0 bridgehead atoms. The lowest BCUT2D eigenvalue weighted by Gasteiger charge is -2.35. The van der Waals surface area contributed by atoms with Gasteiger partial charge in [0.1, 0.15) is 0 Å². The smallest absolute Gasteiger partial charge is 0.182 e. The quantitative estimate of drug-likeness (QED) is 0.894. The lowest BCUT2D eigenvalue weighted by atomic mass is 9.99. The number of nitrogens with one attached hydrogen (secondary N) is 1. The molecule has 4 heteroatoms. The molecular formula is C13H23N3S. The molecule has 0 spiro atoms. The van der Waals surface area contributed by atoms with Crippen molar-refractivity contribution in [1.29, 1.82) is 0 Å². The van der Waals surface area contributed by atoms with Gasteiger partial charge in [-0.2, -0.15) is 0 Å². The summed E-state index contributed by atoms with van der Waals surface area (Å²) < 4.78 is 0. The van der Waals surface area contributed by atoms with Gasteiger partial charge < -0.3 is 5.32 Å². The van der Waals surface area contributed by atoms with Crippen molar-refractivity contribution < 1.29 is 0 Å². The third kappa shape index (κ3) is 3.68. The van der Waals surface area contributed by atoms with E-state index in [1.165, 1.54) is 30.8 Å². The number of aryl methyl sites for hydroxylation is 1. The van der Waals surface area contributed by atoms with E-state index in [4.69, 9.17) is 0 Å². The van der Waals surface area contributed by atoms with Gasteiger partial charge in [-0.05, 0) is 39.2 Å². The SMILES string of the molecule is Cc1cnc(NCC(C)N2CCCC(C)C2)s1. The van der Waals surface area contributed by atoms with E-state index < -0.39 is 0 Å². The molecule has 3 nitrogen and oxygen atoms in total. The highest BCUT2D eigenvalue weighted by atomic mass is 32.1. The molecule has 17 heavy (non-hydrogen) atoms. The van der Waals surface area contributed by atoms with Crippen molar-refractivity contribution in [2.24, 2.45) is 5.92 Å². The zero-order valence-electron chi connectivity index (χ0n) is 11.1. The predicted octanol–water partition coefficient (Wildman–Crippen LogP) is 2.98. The van der Waals surface area contributed by atoms with Crippen LogP contribution in [-0.4, -0.2) is 35.6 Å². The Morgan fingerprint density at radius 3 is 3.12 bits per heavy atom. The van der Waals surface area contributed by atoms with Gasteiger partial charge in [-0.3, -0.25) is 4.90 Å². The molecule has 0 saturated carbocycles. The number of nitrogens with zero attached hydrogens (tertiary/aromatic N) is 2. The molecule has 0 aromatic carbocycles. The van der Waals surface area contributed by atoms with Crippen molar-refractivity contribution in [1.82, 2.24) is 9.88 Å². The maximum atomic E-state index is 4.34. The fourth-order valence-electron chi connectivity index (χ4n) is 2.43.